The molecule has 0 radical (unpaired) electrons. The Morgan fingerprint density at radius 1 is 1.55 bits per heavy atom. The van der Waals surface area contributed by atoms with Crippen molar-refractivity contribution in [3.8, 4) is 5.75 Å². The number of carbonyl (C=O) groups excluding carboxylic acids is 1. The average Bonchev–Trinajstić information content (AvgIpc) is 2.91. The van der Waals surface area contributed by atoms with E-state index in [1.807, 2.05) is 0 Å². The summed E-state index contributed by atoms with van der Waals surface area (Å²) < 4.78 is 18.8. The Kier molecular flexibility index (Phi) is 4.60. The van der Waals surface area contributed by atoms with E-state index in [-0.39, 0.29) is 11.6 Å². The lowest BCUT2D eigenvalue weighted by molar-refractivity contribution is -0.125. The molecular formula is C15H21FN2O2. The number of hydrogen-bond donors (Lipinski definition) is 2. The van der Waals surface area contributed by atoms with Crippen molar-refractivity contribution in [2.75, 3.05) is 25.5 Å². The Labute approximate surface area is 118 Å². The minimum Gasteiger partial charge on any atom is -0.497 e. The molecular weight excluding hydrogens is 259 g/mol. The van der Waals surface area contributed by atoms with Gasteiger partial charge in [-0.25, -0.2) is 4.39 Å². The normalized spacial score (nSPS) is 21.8. The molecule has 4 nitrogen and oxygen atoms in total. The third kappa shape index (κ3) is 2.93. The summed E-state index contributed by atoms with van der Waals surface area (Å²) in [6.07, 6.45) is 2.52. The van der Waals surface area contributed by atoms with E-state index in [4.69, 9.17) is 4.74 Å². The highest BCUT2D eigenvalue weighted by Crippen LogP contribution is 2.33. The highest BCUT2D eigenvalue weighted by atomic mass is 19.1. The van der Waals surface area contributed by atoms with Gasteiger partial charge in [0.1, 0.15) is 11.6 Å². The van der Waals surface area contributed by atoms with Crippen molar-refractivity contribution in [3.05, 3.63) is 24.0 Å². The van der Waals surface area contributed by atoms with Crippen molar-refractivity contribution < 1.29 is 13.9 Å². The molecule has 0 bridgehead atoms. The molecule has 1 unspecified atom stereocenters. The van der Waals surface area contributed by atoms with Gasteiger partial charge >= 0.3 is 0 Å². The van der Waals surface area contributed by atoms with Crippen LogP contribution in [0.15, 0.2) is 18.2 Å². The van der Waals surface area contributed by atoms with E-state index < -0.39 is 11.2 Å². The first-order valence-electron chi connectivity index (χ1n) is 6.97. The number of rotatable bonds is 5. The lowest BCUT2D eigenvalue weighted by atomic mass is 9.81. The second kappa shape index (κ2) is 6.22. The Hall–Kier alpha value is -1.62. The van der Waals surface area contributed by atoms with Crippen molar-refractivity contribution in [1.82, 2.24) is 5.32 Å². The first-order chi connectivity index (χ1) is 9.61. The van der Waals surface area contributed by atoms with Crippen molar-refractivity contribution >= 4 is 11.6 Å². The van der Waals surface area contributed by atoms with Crippen LogP contribution in [0.3, 0.4) is 0 Å². The summed E-state index contributed by atoms with van der Waals surface area (Å²) >= 11 is 0. The minimum absolute atomic E-state index is 0.114. The van der Waals surface area contributed by atoms with E-state index in [1.54, 1.807) is 0 Å². The first-order valence-corrected chi connectivity index (χ1v) is 6.97. The van der Waals surface area contributed by atoms with Crippen LogP contribution in [-0.2, 0) is 4.79 Å². The minimum atomic E-state index is -0.447. The topological polar surface area (TPSA) is 50.4 Å². The van der Waals surface area contributed by atoms with Gasteiger partial charge in [-0.15, -0.1) is 0 Å². The summed E-state index contributed by atoms with van der Waals surface area (Å²) in [5.41, 5.74) is -0.249. The van der Waals surface area contributed by atoms with Gasteiger partial charge in [0.15, 0.2) is 0 Å². The highest BCUT2D eigenvalue weighted by Gasteiger charge is 2.40. The van der Waals surface area contributed by atoms with E-state index in [0.29, 0.717) is 12.3 Å². The number of carbonyl (C=O) groups is 1. The van der Waals surface area contributed by atoms with E-state index >= 15 is 0 Å². The molecule has 1 aliphatic heterocycles. The largest absolute Gasteiger partial charge is 0.497 e. The fraction of sp³-hybridized carbons (Fsp3) is 0.533. The molecule has 1 aromatic rings. The van der Waals surface area contributed by atoms with Crippen LogP contribution >= 0.6 is 0 Å². The molecule has 1 amide bonds. The maximum atomic E-state index is 13.8. The summed E-state index contributed by atoms with van der Waals surface area (Å²) in [6, 6.07) is 4.34. The molecule has 110 valence electrons. The quantitative estimate of drug-likeness (QED) is 0.871. The summed E-state index contributed by atoms with van der Waals surface area (Å²) in [4.78, 5) is 12.5. The molecule has 1 aromatic carbocycles. The molecule has 1 aliphatic rings. The predicted molar refractivity (Wildman–Crippen MR) is 76.4 cm³/mol. The molecule has 0 saturated carbocycles. The second-order valence-electron chi connectivity index (χ2n) is 5.26. The molecule has 2 rings (SSSR count). The fourth-order valence-electron chi connectivity index (χ4n) is 2.73. The SMILES string of the molecule is CCCC1(C(=O)Nc2cc(OC)ccc2F)CCNC1. The number of nitrogens with one attached hydrogen (secondary N) is 2. The van der Waals surface area contributed by atoms with Crippen LogP contribution in [0, 0.1) is 11.2 Å². The van der Waals surface area contributed by atoms with Gasteiger partial charge in [0.2, 0.25) is 5.91 Å². The summed E-state index contributed by atoms with van der Waals surface area (Å²) in [7, 11) is 1.51. The maximum Gasteiger partial charge on any atom is 0.232 e. The van der Waals surface area contributed by atoms with Gasteiger partial charge in [-0.1, -0.05) is 13.3 Å². The molecule has 20 heavy (non-hydrogen) atoms. The van der Waals surface area contributed by atoms with Crippen LogP contribution in [0.2, 0.25) is 0 Å². The Balaban J connectivity index is 2.18. The van der Waals surface area contributed by atoms with Gasteiger partial charge in [-0.2, -0.15) is 0 Å². The standard InChI is InChI=1S/C15H21FN2O2/c1-3-6-15(7-8-17-10-15)14(19)18-13-9-11(20-2)4-5-12(13)16/h4-5,9,17H,3,6-8,10H2,1-2H3,(H,18,19). The van der Waals surface area contributed by atoms with Crippen molar-refractivity contribution in [1.29, 1.82) is 0 Å². The van der Waals surface area contributed by atoms with Gasteiger partial charge in [0.25, 0.3) is 0 Å². The Morgan fingerprint density at radius 3 is 2.95 bits per heavy atom. The smallest absolute Gasteiger partial charge is 0.232 e. The zero-order chi connectivity index (χ0) is 14.6. The van der Waals surface area contributed by atoms with E-state index in [9.17, 15) is 9.18 Å². The third-order valence-corrected chi connectivity index (χ3v) is 3.88. The number of halogens is 1. The van der Waals surface area contributed by atoms with Crippen LogP contribution in [-0.4, -0.2) is 26.1 Å². The fourth-order valence-corrected chi connectivity index (χ4v) is 2.73. The van der Waals surface area contributed by atoms with Crippen LogP contribution in [0.1, 0.15) is 26.2 Å². The van der Waals surface area contributed by atoms with Crippen LogP contribution < -0.4 is 15.4 Å². The van der Waals surface area contributed by atoms with Gasteiger partial charge in [0, 0.05) is 12.6 Å². The van der Waals surface area contributed by atoms with Crippen LogP contribution in [0.5, 0.6) is 5.75 Å². The molecule has 5 heteroatoms. The van der Waals surface area contributed by atoms with Crippen LogP contribution in [0.25, 0.3) is 0 Å². The van der Waals surface area contributed by atoms with E-state index in [0.717, 1.165) is 25.8 Å². The molecule has 1 saturated heterocycles. The monoisotopic (exact) mass is 280 g/mol. The summed E-state index contributed by atoms with van der Waals surface area (Å²) in [5, 5.41) is 5.94. The lowest BCUT2D eigenvalue weighted by Crippen LogP contribution is -2.38. The first kappa shape index (κ1) is 14.8. The number of anilines is 1. The van der Waals surface area contributed by atoms with Gasteiger partial charge in [-0.3, -0.25) is 4.79 Å². The van der Waals surface area contributed by atoms with E-state index in [2.05, 4.69) is 17.6 Å². The van der Waals surface area contributed by atoms with Crippen molar-refractivity contribution in [2.45, 2.75) is 26.2 Å². The second-order valence-corrected chi connectivity index (χ2v) is 5.26. The molecule has 1 fully saturated rings. The number of hydrogen-bond acceptors (Lipinski definition) is 3. The highest BCUT2D eigenvalue weighted by molar-refractivity contribution is 5.96. The van der Waals surface area contributed by atoms with Crippen molar-refractivity contribution in [3.63, 3.8) is 0 Å². The number of amides is 1. The number of ether oxygens (including phenoxy) is 1. The third-order valence-electron chi connectivity index (χ3n) is 3.88. The zero-order valence-electron chi connectivity index (χ0n) is 12.0. The Bertz CT molecular complexity index is 485. The molecule has 0 aromatic heterocycles. The van der Waals surface area contributed by atoms with E-state index in [1.165, 1.54) is 25.3 Å². The number of benzene rings is 1. The molecule has 0 spiro atoms. The summed E-state index contributed by atoms with van der Waals surface area (Å²) in [5.74, 6) is -0.0379. The maximum absolute atomic E-state index is 13.8. The molecule has 2 N–H and O–H groups in total. The predicted octanol–water partition coefficient (Wildman–Crippen LogP) is 2.55. The lowest BCUT2D eigenvalue weighted by Gasteiger charge is -2.26. The molecule has 1 heterocycles. The molecule has 1 atom stereocenters. The Morgan fingerprint density at radius 2 is 2.35 bits per heavy atom. The molecule has 0 aliphatic carbocycles. The summed E-state index contributed by atoms with van der Waals surface area (Å²) in [6.45, 7) is 3.53. The van der Waals surface area contributed by atoms with Gasteiger partial charge in [0.05, 0.1) is 18.2 Å². The van der Waals surface area contributed by atoms with Crippen LogP contribution in [0.4, 0.5) is 10.1 Å². The van der Waals surface area contributed by atoms with Gasteiger partial charge in [-0.05, 0) is 31.5 Å². The van der Waals surface area contributed by atoms with Gasteiger partial charge < -0.3 is 15.4 Å². The van der Waals surface area contributed by atoms with Crippen molar-refractivity contribution in [2.24, 2.45) is 5.41 Å². The average molecular weight is 280 g/mol. The zero-order valence-corrected chi connectivity index (χ0v) is 12.0. The number of methoxy groups -OCH3 is 1.